The van der Waals surface area contributed by atoms with E-state index in [1.807, 2.05) is 13.0 Å². The number of hydrogen-bond acceptors (Lipinski definition) is 2. The van der Waals surface area contributed by atoms with Crippen molar-refractivity contribution in [3.8, 4) is 5.75 Å². The van der Waals surface area contributed by atoms with Gasteiger partial charge in [-0.25, -0.2) is 0 Å². The summed E-state index contributed by atoms with van der Waals surface area (Å²) in [5.41, 5.74) is 7.47. The predicted octanol–water partition coefficient (Wildman–Crippen LogP) is 4.28. The van der Waals surface area contributed by atoms with Crippen LogP contribution in [0.5, 0.6) is 5.75 Å². The first-order valence-corrected chi connectivity index (χ1v) is 7.11. The molecule has 0 spiro atoms. The first kappa shape index (κ1) is 14.5. The van der Waals surface area contributed by atoms with Crippen LogP contribution in [0.4, 0.5) is 0 Å². The summed E-state index contributed by atoms with van der Waals surface area (Å²) >= 11 is 3.53. The molecule has 3 heteroatoms. The third-order valence-corrected chi connectivity index (χ3v) is 3.82. The molecule has 0 aliphatic heterocycles. The Morgan fingerprint density at radius 3 is 2.35 bits per heavy atom. The van der Waals surface area contributed by atoms with E-state index in [9.17, 15) is 0 Å². The summed E-state index contributed by atoms with van der Waals surface area (Å²) in [5.74, 6) is 1.42. The Kier molecular flexibility index (Phi) is 6.00. The van der Waals surface area contributed by atoms with Crippen LogP contribution in [0, 0.1) is 5.92 Å². The molecule has 0 aromatic heterocycles. The van der Waals surface area contributed by atoms with E-state index < -0.39 is 0 Å². The van der Waals surface area contributed by atoms with Crippen molar-refractivity contribution in [1.29, 1.82) is 0 Å². The molecule has 2 N–H and O–H groups in total. The van der Waals surface area contributed by atoms with Crippen LogP contribution < -0.4 is 10.5 Å². The van der Waals surface area contributed by atoms with Crippen molar-refractivity contribution in [3.05, 3.63) is 28.2 Å². The highest BCUT2D eigenvalue weighted by atomic mass is 79.9. The van der Waals surface area contributed by atoms with Gasteiger partial charge in [-0.2, -0.15) is 0 Å². The predicted molar refractivity (Wildman–Crippen MR) is 76.3 cm³/mol. The van der Waals surface area contributed by atoms with Crippen LogP contribution in [0.2, 0.25) is 0 Å². The average molecular weight is 300 g/mol. The molecule has 1 rings (SSSR count). The van der Waals surface area contributed by atoms with Gasteiger partial charge in [0.1, 0.15) is 5.75 Å². The summed E-state index contributed by atoms with van der Waals surface area (Å²) in [7, 11) is 0. The molecule has 17 heavy (non-hydrogen) atoms. The molecule has 0 bridgehead atoms. The monoisotopic (exact) mass is 299 g/mol. The second-order valence-corrected chi connectivity index (χ2v) is 5.08. The number of hydrogen-bond donors (Lipinski definition) is 1. The normalized spacial score (nSPS) is 12.8. The maximum absolute atomic E-state index is 6.29. The van der Waals surface area contributed by atoms with Gasteiger partial charge in [-0.1, -0.05) is 32.8 Å². The lowest BCUT2D eigenvalue weighted by Gasteiger charge is -2.22. The van der Waals surface area contributed by atoms with E-state index in [2.05, 4.69) is 41.9 Å². The van der Waals surface area contributed by atoms with E-state index in [4.69, 9.17) is 10.5 Å². The maximum Gasteiger partial charge on any atom is 0.133 e. The molecular formula is C14H22BrNO. The van der Waals surface area contributed by atoms with Crippen molar-refractivity contribution in [3.63, 3.8) is 0 Å². The SMILES string of the molecule is CCOc1ccc(C(N)C(CC)CC)cc1Br. The third kappa shape index (κ3) is 3.71. The molecule has 0 saturated carbocycles. The second-order valence-electron chi connectivity index (χ2n) is 4.23. The Morgan fingerprint density at radius 1 is 1.24 bits per heavy atom. The van der Waals surface area contributed by atoms with E-state index >= 15 is 0 Å². The molecule has 2 nitrogen and oxygen atoms in total. The molecule has 0 radical (unpaired) electrons. The highest BCUT2D eigenvalue weighted by Crippen LogP contribution is 2.31. The second kappa shape index (κ2) is 7.02. The Morgan fingerprint density at radius 2 is 1.88 bits per heavy atom. The van der Waals surface area contributed by atoms with Crippen molar-refractivity contribution in [2.45, 2.75) is 39.7 Å². The topological polar surface area (TPSA) is 35.2 Å². The van der Waals surface area contributed by atoms with Gasteiger partial charge in [-0.05, 0) is 46.5 Å². The average Bonchev–Trinajstić information content (AvgIpc) is 2.33. The zero-order valence-corrected chi connectivity index (χ0v) is 12.5. The lowest BCUT2D eigenvalue weighted by Crippen LogP contribution is -2.20. The summed E-state index contributed by atoms with van der Waals surface area (Å²) in [4.78, 5) is 0. The van der Waals surface area contributed by atoms with Gasteiger partial charge in [0.25, 0.3) is 0 Å². The maximum atomic E-state index is 6.29. The molecule has 1 atom stereocenters. The number of benzene rings is 1. The van der Waals surface area contributed by atoms with Gasteiger partial charge in [0, 0.05) is 6.04 Å². The molecule has 0 aliphatic rings. The van der Waals surface area contributed by atoms with Crippen molar-refractivity contribution in [1.82, 2.24) is 0 Å². The summed E-state index contributed by atoms with van der Waals surface area (Å²) in [5, 5.41) is 0. The number of rotatable bonds is 6. The van der Waals surface area contributed by atoms with Crippen molar-refractivity contribution < 1.29 is 4.74 Å². The fourth-order valence-electron chi connectivity index (χ4n) is 2.07. The minimum atomic E-state index is 0.108. The van der Waals surface area contributed by atoms with Gasteiger partial charge in [-0.15, -0.1) is 0 Å². The van der Waals surface area contributed by atoms with E-state index in [0.29, 0.717) is 12.5 Å². The highest BCUT2D eigenvalue weighted by Gasteiger charge is 2.17. The van der Waals surface area contributed by atoms with Gasteiger partial charge >= 0.3 is 0 Å². The molecule has 0 fully saturated rings. The molecule has 0 saturated heterocycles. The van der Waals surface area contributed by atoms with Crippen LogP contribution in [0.1, 0.15) is 45.2 Å². The van der Waals surface area contributed by atoms with Crippen LogP contribution in [0.3, 0.4) is 0 Å². The highest BCUT2D eigenvalue weighted by molar-refractivity contribution is 9.10. The van der Waals surface area contributed by atoms with Gasteiger partial charge in [-0.3, -0.25) is 0 Å². The number of nitrogens with two attached hydrogens (primary N) is 1. The van der Waals surface area contributed by atoms with Crippen LogP contribution in [-0.4, -0.2) is 6.61 Å². The van der Waals surface area contributed by atoms with E-state index in [0.717, 1.165) is 23.1 Å². The van der Waals surface area contributed by atoms with Crippen molar-refractivity contribution >= 4 is 15.9 Å². The standard InChI is InChI=1S/C14H22BrNO/c1-4-10(5-2)14(16)11-7-8-13(17-6-3)12(15)9-11/h7-10,14H,4-6,16H2,1-3H3. The minimum absolute atomic E-state index is 0.108. The zero-order valence-electron chi connectivity index (χ0n) is 10.9. The summed E-state index contributed by atoms with van der Waals surface area (Å²) in [6.07, 6.45) is 2.23. The smallest absolute Gasteiger partial charge is 0.133 e. The fourth-order valence-corrected chi connectivity index (χ4v) is 2.58. The number of ether oxygens (including phenoxy) is 1. The molecule has 1 aromatic rings. The van der Waals surface area contributed by atoms with Gasteiger partial charge in [0.15, 0.2) is 0 Å². The molecule has 0 heterocycles. The number of halogens is 1. The Bertz CT molecular complexity index is 350. The summed E-state index contributed by atoms with van der Waals surface area (Å²) < 4.78 is 6.48. The molecule has 1 aromatic carbocycles. The Hall–Kier alpha value is -0.540. The summed E-state index contributed by atoms with van der Waals surface area (Å²) in [6.45, 7) is 7.04. The van der Waals surface area contributed by atoms with Crippen LogP contribution in [0.25, 0.3) is 0 Å². The zero-order chi connectivity index (χ0) is 12.8. The Balaban J connectivity index is 2.88. The first-order chi connectivity index (χ1) is 8.13. The molecule has 0 aliphatic carbocycles. The van der Waals surface area contributed by atoms with Crippen LogP contribution >= 0.6 is 15.9 Å². The quantitative estimate of drug-likeness (QED) is 0.851. The largest absolute Gasteiger partial charge is 0.493 e. The molecule has 96 valence electrons. The van der Waals surface area contributed by atoms with Crippen molar-refractivity contribution in [2.24, 2.45) is 11.7 Å². The van der Waals surface area contributed by atoms with Crippen molar-refractivity contribution in [2.75, 3.05) is 6.61 Å². The first-order valence-electron chi connectivity index (χ1n) is 6.31. The fraction of sp³-hybridized carbons (Fsp3) is 0.571. The molecule has 1 unspecified atom stereocenters. The van der Waals surface area contributed by atoms with E-state index in [1.165, 1.54) is 5.56 Å². The lowest BCUT2D eigenvalue weighted by molar-refractivity contribution is 0.337. The van der Waals surface area contributed by atoms with E-state index in [1.54, 1.807) is 0 Å². The lowest BCUT2D eigenvalue weighted by atomic mass is 9.90. The van der Waals surface area contributed by atoms with Gasteiger partial charge < -0.3 is 10.5 Å². The Labute approximate surface area is 113 Å². The van der Waals surface area contributed by atoms with Crippen LogP contribution in [0.15, 0.2) is 22.7 Å². The minimum Gasteiger partial charge on any atom is -0.493 e. The molecular weight excluding hydrogens is 278 g/mol. The summed E-state index contributed by atoms with van der Waals surface area (Å²) in [6, 6.07) is 6.25. The third-order valence-electron chi connectivity index (χ3n) is 3.20. The van der Waals surface area contributed by atoms with Crippen LogP contribution in [-0.2, 0) is 0 Å². The molecule has 0 amide bonds. The van der Waals surface area contributed by atoms with E-state index in [-0.39, 0.29) is 6.04 Å². The van der Waals surface area contributed by atoms with Gasteiger partial charge in [0.2, 0.25) is 0 Å². The van der Waals surface area contributed by atoms with Gasteiger partial charge in [0.05, 0.1) is 11.1 Å².